The predicted octanol–water partition coefficient (Wildman–Crippen LogP) is 5.43. The first kappa shape index (κ1) is 18.7. The van der Waals surface area contributed by atoms with E-state index in [1.54, 1.807) is 0 Å². The van der Waals surface area contributed by atoms with Gasteiger partial charge >= 0.3 is 0 Å². The van der Waals surface area contributed by atoms with Crippen molar-refractivity contribution in [2.75, 3.05) is 5.32 Å². The minimum atomic E-state index is 0.490. The molecule has 0 aliphatic carbocycles. The lowest BCUT2D eigenvalue weighted by Crippen LogP contribution is -2.38. The Morgan fingerprint density at radius 2 is 1.48 bits per heavy atom. The maximum atomic E-state index is 5.36. The fraction of sp³-hybridized carbons (Fsp3) is 0.0870. The first-order valence-corrected chi connectivity index (χ1v) is 9.19. The molecule has 0 heterocycles. The van der Waals surface area contributed by atoms with Crippen LogP contribution < -0.4 is 16.2 Å². The maximum absolute atomic E-state index is 5.36. The third kappa shape index (κ3) is 4.96. The zero-order valence-corrected chi connectivity index (χ0v) is 16.4. The SMILES string of the molecule is C=C(NNC(=S)Nc1ccc(C)cc1C)c1ccc(-c2ccccc2)cc1. The first-order valence-electron chi connectivity index (χ1n) is 8.78. The highest BCUT2D eigenvalue weighted by atomic mass is 32.1. The quantitative estimate of drug-likeness (QED) is 0.411. The van der Waals surface area contributed by atoms with Gasteiger partial charge in [0.05, 0.1) is 5.70 Å². The number of rotatable bonds is 5. The molecule has 0 aromatic heterocycles. The normalized spacial score (nSPS) is 10.1. The van der Waals surface area contributed by atoms with Gasteiger partial charge in [-0.05, 0) is 54.4 Å². The molecule has 136 valence electrons. The van der Waals surface area contributed by atoms with Crippen LogP contribution in [0.25, 0.3) is 16.8 Å². The van der Waals surface area contributed by atoms with Crippen LogP contribution >= 0.6 is 12.2 Å². The fourth-order valence-corrected chi connectivity index (χ4v) is 2.97. The van der Waals surface area contributed by atoms with Crippen LogP contribution in [0.5, 0.6) is 0 Å². The Hall–Kier alpha value is -3.11. The van der Waals surface area contributed by atoms with Gasteiger partial charge < -0.3 is 5.32 Å². The number of aryl methyl sites for hydroxylation is 2. The average molecular weight is 374 g/mol. The van der Waals surface area contributed by atoms with E-state index in [1.807, 2.05) is 36.4 Å². The second-order valence-corrected chi connectivity index (χ2v) is 6.85. The molecule has 0 saturated carbocycles. The highest BCUT2D eigenvalue weighted by Gasteiger charge is 2.04. The predicted molar refractivity (Wildman–Crippen MR) is 119 cm³/mol. The van der Waals surface area contributed by atoms with Crippen LogP contribution in [0.4, 0.5) is 5.69 Å². The van der Waals surface area contributed by atoms with Gasteiger partial charge in [-0.2, -0.15) is 0 Å². The largest absolute Gasteiger partial charge is 0.331 e. The molecule has 3 aromatic rings. The third-order valence-corrected chi connectivity index (χ3v) is 4.50. The average Bonchev–Trinajstić information content (AvgIpc) is 2.69. The summed E-state index contributed by atoms with van der Waals surface area (Å²) in [7, 11) is 0. The van der Waals surface area contributed by atoms with Crippen LogP contribution in [-0.4, -0.2) is 5.11 Å². The molecule has 3 N–H and O–H groups in total. The second-order valence-electron chi connectivity index (χ2n) is 6.44. The molecule has 0 bridgehead atoms. The molecule has 3 nitrogen and oxygen atoms in total. The van der Waals surface area contributed by atoms with Crippen molar-refractivity contribution in [3.8, 4) is 11.1 Å². The summed E-state index contributed by atoms with van der Waals surface area (Å²) in [5, 5.41) is 3.68. The van der Waals surface area contributed by atoms with Crippen molar-refractivity contribution in [3.05, 3.63) is 96.1 Å². The van der Waals surface area contributed by atoms with E-state index >= 15 is 0 Å². The van der Waals surface area contributed by atoms with Crippen molar-refractivity contribution in [2.45, 2.75) is 13.8 Å². The van der Waals surface area contributed by atoms with Gasteiger partial charge in [0.15, 0.2) is 5.11 Å². The third-order valence-electron chi connectivity index (χ3n) is 4.30. The lowest BCUT2D eigenvalue weighted by atomic mass is 10.0. The van der Waals surface area contributed by atoms with E-state index < -0.39 is 0 Å². The topological polar surface area (TPSA) is 36.1 Å². The van der Waals surface area contributed by atoms with Crippen LogP contribution in [0.15, 0.2) is 79.4 Å². The van der Waals surface area contributed by atoms with E-state index in [1.165, 1.54) is 16.7 Å². The van der Waals surface area contributed by atoms with E-state index in [-0.39, 0.29) is 0 Å². The van der Waals surface area contributed by atoms with E-state index in [0.29, 0.717) is 5.11 Å². The lowest BCUT2D eigenvalue weighted by molar-refractivity contribution is 0.851. The molecule has 3 aromatic carbocycles. The first-order chi connectivity index (χ1) is 13.0. The van der Waals surface area contributed by atoms with Gasteiger partial charge in [0.1, 0.15) is 0 Å². The molecule has 3 rings (SSSR count). The van der Waals surface area contributed by atoms with Crippen LogP contribution in [0, 0.1) is 13.8 Å². The Balaban J connectivity index is 1.56. The molecule has 0 spiro atoms. The maximum Gasteiger partial charge on any atom is 0.189 e. The Bertz CT molecular complexity index is 947. The zero-order chi connectivity index (χ0) is 19.2. The second kappa shape index (κ2) is 8.52. The standard InChI is InChI=1S/C23H23N3S/c1-16-9-14-22(17(2)15-16)24-23(27)26-25-18(3)19-10-12-21(13-11-19)20-7-5-4-6-8-20/h4-15,25H,3H2,1-2H3,(H2,24,26,27). The summed E-state index contributed by atoms with van der Waals surface area (Å²) in [6.07, 6.45) is 0. The van der Waals surface area contributed by atoms with Gasteiger partial charge in [0.25, 0.3) is 0 Å². The van der Waals surface area contributed by atoms with E-state index in [0.717, 1.165) is 22.5 Å². The molecule has 0 aliphatic rings. The van der Waals surface area contributed by atoms with Gasteiger partial charge in [-0.25, -0.2) is 0 Å². The molecule has 4 heteroatoms. The molecule has 0 saturated heterocycles. The number of benzene rings is 3. The molecule has 0 unspecified atom stereocenters. The number of anilines is 1. The summed E-state index contributed by atoms with van der Waals surface area (Å²) in [6, 6.07) is 24.7. The smallest absolute Gasteiger partial charge is 0.189 e. The number of hydrogen-bond acceptors (Lipinski definition) is 2. The number of nitrogens with one attached hydrogen (secondary N) is 3. The van der Waals surface area contributed by atoms with Crippen molar-refractivity contribution < 1.29 is 0 Å². The molecule has 27 heavy (non-hydrogen) atoms. The summed E-state index contributed by atoms with van der Waals surface area (Å²) in [6.45, 7) is 8.20. The van der Waals surface area contributed by atoms with Gasteiger partial charge in [-0.15, -0.1) is 0 Å². The molecule has 0 aliphatic heterocycles. The number of thiocarbonyl (C=S) groups is 1. The van der Waals surface area contributed by atoms with Crippen molar-refractivity contribution in [1.82, 2.24) is 10.9 Å². The summed E-state index contributed by atoms with van der Waals surface area (Å²) in [4.78, 5) is 0. The Labute approximate surface area is 166 Å². The van der Waals surface area contributed by atoms with Crippen molar-refractivity contribution in [2.24, 2.45) is 0 Å². The van der Waals surface area contributed by atoms with Crippen LogP contribution in [0.1, 0.15) is 16.7 Å². The van der Waals surface area contributed by atoms with E-state index in [9.17, 15) is 0 Å². The Kier molecular flexibility index (Phi) is 5.89. The fourth-order valence-electron chi connectivity index (χ4n) is 2.81. The Morgan fingerprint density at radius 3 is 2.15 bits per heavy atom. The van der Waals surface area contributed by atoms with Crippen LogP contribution in [0.3, 0.4) is 0 Å². The molecule has 0 radical (unpaired) electrons. The Morgan fingerprint density at radius 1 is 0.815 bits per heavy atom. The van der Waals surface area contributed by atoms with Crippen molar-refractivity contribution >= 4 is 28.7 Å². The monoisotopic (exact) mass is 373 g/mol. The molecule has 0 amide bonds. The van der Waals surface area contributed by atoms with Gasteiger partial charge in [0, 0.05) is 5.69 Å². The van der Waals surface area contributed by atoms with Crippen LogP contribution in [0.2, 0.25) is 0 Å². The molecular formula is C23H23N3S. The minimum Gasteiger partial charge on any atom is -0.331 e. The van der Waals surface area contributed by atoms with Gasteiger partial charge in [-0.1, -0.05) is 78.9 Å². The highest BCUT2D eigenvalue weighted by Crippen LogP contribution is 2.21. The summed E-state index contributed by atoms with van der Waals surface area (Å²) >= 11 is 5.36. The van der Waals surface area contributed by atoms with Crippen molar-refractivity contribution in [3.63, 3.8) is 0 Å². The minimum absolute atomic E-state index is 0.490. The summed E-state index contributed by atoms with van der Waals surface area (Å²) < 4.78 is 0. The van der Waals surface area contributed by atoms with E-state index in [2.05, 4.69) is 73.0 Å². The molecule has 0 atom stereocenters. The summed E-state index contributed by atoms with van der Waals surface area (Å²) in [5.74, 6) is 0. The zero-order valence-electron chi connectivity index (χ0n) is 15.5. The highest BCUT2D eigenvalue weighted by molar-refractivity contribution is 7.80. The van der Waals surface area contributed by atoms with E-state index in [4.69, 9.17) is 12.2 Å². The molecule has 0 fully saturated rings. The number of hydrogen-bond donors (Lipinski definition) is 3. The lowest BCUT2D eigenvalue weighted by Gasteiger charge is -2.16. The van der Waals surface area contributed by atoms with Gasteiger partial charge in [0.2, 0.25) is 0 Å². The number of hydrazine groups is 1. The molecular weight excluding hydrogens is 350 g/mol. The van der Waals surface area contributed by atoms with Crippen molar-refractivity contribution in [1.29, 1.82) is 0 Å². The summed E-state index contributed by atoms with van der Waals surface area (Å²) in [5.41, 5.74) is 13.5. The van der Waals surface area contributed by atoms with Gasteiger partial charge in [-0.3, -0.25) is 10.9 Å². The van der Waals surface area contributed by atoms with Crippen LogP contribution in [-0.2, 0) is 0 Å².